The van der Waals surface area contributed by atoms with Crippen molar-refractivity contribution in [1.29, 1.82) is 0 Å². The van der Waals surface area contributed by atoms with Gasteiger partial charge in [0.15, 0.2) is 0 Å². The van der Waals surface area contributed by atoms with Gasteiger partial charge >= 0.3 is 0 Å². The van der Waals surface area contributed by atoms with E-state index in [1.54, 1.807) is 6.07 Å². The summed E-state index contributed by atoms with van der Waals surface area (Å²) < 4.78 is 16.9. The molecular weight excluding hydrogens is 333 g/mol. The summed E-state index contributed by atoms with van der Waals surface area (Å²) in [6, 6.07) is 7.31. The molecule has 0 fully saturated rings. The molecule has 1 N–H and O–H groups in total. The molecule has 21 heavy (non-hydrogen) atoms. The van der Waals surface area contributed by atoms with Gasteiger partial charge in [-0.3, -0.25) is 4.68 Å². The zero-order valence-corrected chi connectivity index (χ0v) is 14.2. The highest BCUT2D eigenvalue weighted by molar-refractivity contribution is 9.10. The lowest BCUT2D eigenvalue weighted by atomic mass is 10.0. The fourth-order valence-electron chi connectivity index (χ4n) is 2.35. The van der Waals surface area contributed by atoms with Crippen molar-refractivity contribution < 1.29 is 4.39 Å². The number of hydrogen-bond donors (Lipinski definition) is 1. The van der Waals surface area contributed by atoms with Gasteiger partial charge in [0.1, 0.15) is 5.82 Å². The summed E-state index contributed by atoms with van der Waals surface area (Å²) in [7, 11) is 0. The lowest BCUT2D eigenvalue weighted by Crippen LogP contribution is -2.24. The summed E-state index contributed by atoms with van der Waals surface area (Å²) in [5, 5.41) is 7.90. The minimum Gasteiger partial charge on any atom is -0.310 e. The van der Waals surface area contributed by atoms with Crippen LogP contribution in [-0.4, -0.2) is 16.3 Å². The molecule has 0 saturated carbocycles. The number of nitrogens with zero attached hydrogens (tertiary/aromatic N) is 2. The van der Waals surface area contributed by atoms with E-state index in [1.807, 2.05) is 29.9 Å². The van der Waals surface area contributed by atoms with E-state index < -0.39 is 0 Å². The molecule has 0 amide bonds. The van der Waals surface area contributed by atoms with Crippen LogP contribution in [0.25, 0.3) is 0 Å². The Morgan fingerprint density at radius 2 is 2.10 bits per heavy atom. The first-order chi connectivity index (χ1) is 10.0. The van der Waals surface area contributed by atoms with Crippen LogP contribution in [0.2, 0.25) is 0 Å². The third-order valence-corrected chi connectivity index (χ3v) is 4.10. The van der Waals surface area contributed by atoms with Crippen LogP contribution in [0.15, 0.2) is 34.9 Å². The van der Waals surface area contributed by atoms with E-state index in [9.17, 15) is 4.39 Å². The van der Waals surface area contributed by atoms with E-state index in [0.29, 0.717) is 18.0 Å². The topological polar surface area (TPSA) is 29.9 Å². The Kier molecular flexibility index (Phi) is 5.53. The molecule has 0 aliphatic rings. The van der Waals surface area contributed by atoms with Gasteiger partial charge in [-0.2, -0.15) is 5.10 Å². The molecule has 0 spiro atoms. The number of likely N-dealkylation sites (N-methyl/N-ethyl adjacent to an activating group) is 1. The number of rotatable bonds is 6. The summed E-state index contributed by atoms with van der Waals surface area (Å²) in [4.78, 5) is 0. The van der Waals surface area contributed by atoms with Crippen LogP contribution < -0.4 is 5.32 Å². The molecule has 5 heteroatoms. The van der Waals surface area contributed by atoms with E-state index in [0.717, 1.165) is 16.7 Å². The molecule has 1 heterocycles. The lowest BCUT2D eigenvalue weighted by Gasteiger charge is -2.19. The summed E-state index contributed by atoms with van der Waals surface area (Å²) in [5.41, 5.74) is 1.63. The molecular formula is C16H21BrFN3. The van der Waals surface area contributed by atoms with Crippen molar-refractivity contribution >= 4 is 15.9 Å². The predicted molar refractivity (Wildman–Crippen MR) is 86.8 cm³/mol. The van der Waals surface area contributed by atoms with Gasteiger partial charge in [-0.15, -0.1) is 0 Å². The van der Waals surface area contributed by atoms with Crippen LogP contribution in [-0.2, 0) is 6.42 Å². The maximum absolute atomic E-state index is 14.2. The maximum Gasteiger partial charge on any atom is 0.129 e. The van der Waals surface area contributed by atoms with Crippen molar-refractivity contribution in [3.8, 4) is 0 Å². The zero-order chi connectivity index (χ0) is 15.4. The second-order valence-electron chi connectivity index (χ2n) is 5.33. The Bertz CT molecular complexity index is 575. The van der Waals surface area contributed by atoms with Gasteiger partial charge in [0.05, 0.1) is 5.69 Å². The van der Waals surface area contributed by atoms with Gasteiger partial charge in [0, 0.05) is 34.7 Å². The molecule has 0 radical (unpaired) electrons. The van der Waals surface area contributed by atoms with Crippen molar-refractivity contribution in [1.82, 2.24) is 15.1 Å². The quantitative estimate of drug-likeness (QED) is 0.840. The van der Waals surface area contributed by atoms with Crippen molar-refractivity contribution in [2.75, 3.05) is 6.54 Å². The summed E-state index contributed by atoms with van der Waals surface area (Å²) in [6.45, 7) is 6.98. The third-order valence-electron chi connectivity index (χ3n) is 3.40. The predicted octanol–water partition coefficient (Wildman–Crippen LogP) is 4.26. The van der Waals surface area contributed by atoms with Gasteiger partial charge in [-0.25, -0.2) is 4.39 Å². The van der Waals surface area contributed by atoms with Gasteiger partial charge in [-0.05, 0) is 38.6 Å². The molecule has 1 aromatic carbocycles. The van der Waals surface area contributed by atoms with Crippen molar-refractivity contribution in [3.05, 3.63) is 52.0 Å². The van der Waals surface area contributed by atoms with Gasteiger partial charge in [0.2, 0.25) is 0 Å². The highest BCUT2D eigenvalue weighted by Gasteiger charge is 2.19. The SMILES string of the molecule is CCNC(Cc1ccn(C(C)C)n1)c1c(F)cccc1Br. The summed E-state index contributed by atoms with van der Waals surface area (Å²) in [6.07, 6.45) is 2.63. The third kappa shape index (κ3) is 3.92. The Labute approximate surface area is 133 Å². The Balaban J connectivity index is 2.26. The Hall–Kier alpha value is -1.20. The second kappa shape index (κ2) is 7.18. The molecule has 3 nitrogen and oxygen atoms in total. The molecule has 114 valence electrons. The van der Waals surface area contributed by atoms with Crippen LogP contribution in [0.4, 0.5) is 4.39 Å². The van der Waals surface area contributed by atoms with Gasteiger partial charge < -0.3 is 5.32 Å². The molecule has 1 atom stereocenters. The van der Waals surface area contributed by atoms with E-state index in [-0.39, 0.29) is 11.9 Å². The smallest absolute Gasteiger partial charge is 0.129 e. The van der Waals surface area contributed by atoms with Crippen LogP contribution in [0.3, 0.4) is 0 Å². The Morgan fingerprint density at radius 3 is 2.67 bits per heavy atom. The molecule has 2 aromatic rings. The summed E-state index contributed by atoms with van der Waals surface area (Å²) in [5.74, 6) is -0.196. The molecule has 0 saturated heterocycles. The second-order valence-corrected chi connectivity index (χ2v) is 6.18. The first kappa shape index (κ1) is 16.2. The minimum absolute atomic E-state index is 0.0962. The standard InChI is InChI=1S/C16H21BrFN3/c1-4-19-15(16-13(17)6-5-7-14(16)18)10-12-8-9-21(20-12)11(2)3/h5-9,11,15,19H,4,10H2,1-3H3. The monoisotopic (exact) mass is 353 g/mol. The number of aromatic nitrogens is 2. The van der Waals surface area contributed by atoms with Crippen LogP contribution in [0.1, 0.15) is 44.1 Å². The van der Waals surface area contributed by atoms with E-state index in [2.05, 4.69) is 40.2 Å². The fourth-order valence-corrected chi connectivity index (χ4v) is 2.97. The molecule has 1 aromatic heterocycles. The molecule has 0 bridgehead atoms. The van der Waals surface area contributed by atoms with Crippen LogP contribution >= 0.6 is 15.9 Å². The molecule has 0 aliphatic heterocycles. The molecule has 0 aliphatic carbocycles. The van der Waals surface area contributed by atoms with Crippen molar-refractivity contribution in [2.45, 2.75) is 39.3 Å². The Morgan fingerprint density at radius 1 is 1.33 bits per heavy atom. The largest absolute Gasteiger partial charge is 0.310 e. The average Bonchev–Trinajstić information content (AvgIpc) is 2.87. The summed E-state index contributed by atoms with van der Waals surface area (Å²) >= 11 is 3.45. The lowest BCUT2D eigenvalue weighted by molar-refractivity contribution is 0.489. The van der Waals surface area contributed by atoms with Gasteiger partial charge in [0.25, 0.3) is 0 Å². The number of halogens is 2. The molecule has 1 unspecified atom stereocenters. The highest BCUT2D eigenvalue weighted by Crippen LogP contribution is 2.28. The van der Waals surface area contributed by atoms with Crippen molar-refractivity contribution in [2.24, 2.45) is 0 Å². The average molecular weight is 354 g/mol. The number of hydrogen-bond acceptors (Lipinski definition) is 2. The van der Waals surface area contributed by atoms with E-state index in [1.165, 1.54) is 6.07 Å². The maximum atomic E-state index is 14.2. The van der Waals surface area contributed by atoms with Crippen LogP contribution in [0, 0.1) is 5.82 Å². The first-order valence-corrected chi connectivity index (χ1v) is 8.03. The van der Waals surface area contributed by atoms with E-state index in [4.69, 9.17) is 0 Å². The van der Waals surface area contributed by atoms with E-state index >= 15 is 0 Å². The molecule has 2 rings (SSSR count). The number of benzene rings is 1. The minimum atomic E-state index is -0.196. The van der Waals surface area contributed by atoms with Crippen molar-refractivity contribution in [3.63, 3.8) is 0 Å². The normalized spacial score (nSPS) is 12.9. The first-order valence-electron chi connectivity index (χ1n) is 7.24. The van der Waals surface area contributed by atoms with Gasteiger partial charge in [-0.1, -0.05) is 28.9 Å². The van der Waals surface area contributed by atoms with Crippen LogP contribution in [0.5, 0.6) is 0 Å². The number of nitrogens with one attached hydrogen (secondary N) is 1. The fraction of sp³-hybridized carbons (Fsp3) is 0.438. The highest BCUT2D eigenvalue weighted by atomic mass is 79.9. The zero-order valence-electron chi connectivity index (χ0n) is 12.6.